The Morgan fingerprint density at radius 3 is 2.75 bits per heavy atom. The minimum Gasteiger partial charge on any atom is -0.299 e. The van der Waals surface area contributed by atoms with Crippen molar-refractivity contribution in [3.63, 3.8) is 0 Å². The molecule has 1 saturated carbocycles. The van der Waals surface area contributed by atoms with Crippen LogP contribution in [-0.2, 0) is 4.79 Å². The average Bonchev–Trinajstić information content (AvgIpc) is 2.14. The first-order chi connectivity index (χ1) is 3.84. The monoisotopic (exact) mass is 111 g/mol. The van der Waals surface area contributed by atoms with Gasteiger partial charge < -0.3 is 0 Å². The van der Waals surface area contributed by atoms with Gasteiger partial charge in [-0.05, 0) is 19.3 Å². The summed E-state index contributed by atoms with van der Waals surface area (Å²) in [4.78, 5) is 10.8. The predicted octanol–water partition coefficient (Wildman–Crippen LogP) is 1.58. The van der Waals surface area contributed by atoms with Crippen molar-refractivity contribution >= 4 is 5.78 Å². The minimum absolute atomic E-state index is 0.301. The smallest absolute Gasteiger partial charge is 0.136 e. The molecule has 45 valence electrons. The quantitative estimate of drug-likeness (QED) is 0.502. The van der Waals surface area contributed by atoms with Crippen LogP contribution in [0.1, 0.15) is 26.2 Å². The van der Waals surface area contributed by atoms with Gasteiger partial charge in [0.05, 0.1) is 0 Å². The molecule has 1 nitrogen and oxygen atoms in total. The fourth-order valence-electron chi connectivity index (χ4n) is 1.20. The third kappa shape index (κ3) is 0.908. The molecule has 0 heterocycles. The van der Waals surface area contributed by atoms with Crippen molar-refractivity contribution in [3.05, 3.63) is 6.42 Å². The molecular formula is C7H11O. The van der Waals surface area contributed by atoms with Crippen molar-refractivity contribution in [2.75, 3.05) is 0 Å². The molecule has 1 heteroatoms. The van der Waals surface area contributed by atoms with Crippen LogP contribution in [0.25, 0.3) is 0 Å². The molecule has 1 unspecified atom stereocenters. The second-order valence-electron chi connectivity index (χ2n) is 2.30. The Kier molecular flexibility index (Phi) is 1.66. The van der Waals surface area contributed by atoms with E-state index in [0.717, 1.165) is 19.3 Å². The highest BCUT2D eigenvalue weighted by atomic mass is 16.1. The van der Waals surface area contributed by atoms with Gasteiger partial charge in [0.1, 0.15) is 5.78 Å². The van der Waals surface area contributed by atoms with Gasteiger partial charge >= 0.3 is 0 Å². The molecular weight excluding hydrogens is 100 g/mol. The second kappa shape index (κ2) is 2.29. The van der Waals surface area contributed by atoms with Gasteiger partial charge in [-0.15, -0.1) is 0 Å². The van der Waals surface area contributed by atoms with Gasteiger partial charge in [0.25, 0.3) is 0 Å². The van der Waals surface area contributed by atoms with E-state index >= 15 is 0 Å². The molecule has 0 N–H and O–H groups in total. The highest BCUT2D eigenvalue weighted by Gasteiger charge is 2.21. The number of ketones is 1. The zero-order valence-corrected chi connectivity index (χ0v) is 5.18. The zero-order valence-electron chi connectivity index (χ0n) is 5.18. The molecule has 8 heavy (non-hydrogen) atoms. The number of rotatable bonds is 1. The van der Waals surface area contributed by atoms with E-state index in [2.05, 4.69) is 0 Å². The lowest BCUT2D eigenvalue weighted by molar-refractivity contribution is -0.119. The molecule has 0 aromatic carbocycles. The summed E-state index contributed by atoms with van der Waals surface area (Å²) < 4.78 is 0. The number of carbonyl (C=O) groups is 1. The molecule has 0 aromatic rings. The van der Waals surface area contributed by atoms with E-state index in [0.29, 0.717) is 11.7 Å². The minimum atomic E-state index is 0.301. The number of hydrogen-bond donors (Lipinski definition) is 0. The maximum Gasteiger partial charge on any atom is 0.136 e. The van der Waals surface area contributed by atoms with Crippen LogP contribution < -0.4 is 0 Å². The van der Waals surface area contributed by atoms with E-state index < -0.39 is 0 Å². The molecule has 0 bridgehead atoms. The van der Waals surface area contributed by atoms with Gasteiger partial charge in [0.2, 0.25) is 0 Å². The molecule has 0 aliphatic heterocycles. The van der Waals surface area contributed by atoms with Gasteiger partial charge in [-0.2, -0.15) is 0 Å². The highest BCUT2D eigenvalue weighted by molar-refractivity contribution is 5.83. The predicted molar refractivity (Wildman–Crippen MR) is 32.3 cm³/mol. The Morgan fingerprint density at radius 2 is 2.50 bits per heavy atom. The third-order valence-corrected chi connectivity index (χ3v) is 1.75. The summed E-state index contributed by atoms with van der Waals surface area (Å²) in [5.41, 5.74) is 0. The van der Waals surface area contributed by atoms with Crippen molar-refractivity contribution < 1.29 is 4.79 Å². The van der Waals surface area contributed by atoms with Crippen LogP contribution in [0.2, 0.25) is 0 Å². The van der Waals surface area contributed by atoms with E-state index in [1.807, 2.05) is 13.3 Å². The molecule has 1 fully saturated rings. The summed E-state index contributed by atoms with van der Waals surface area (Å²) in [6, 6.07) is 0. The summed E-state index contributed by atoms with van der Waals surface area (Å²) >= 11 is 0. The molecule has 1 aliphatic carbocycles. The van der Waals surface area contributed by atoms with E-state index in [-0.39, 0.29) is 0 Å². The molecule has 0 spiro atoms. The summed E-state index contributed by atoms with van der Waals surface area (Å²) in [7, 11) is 0. The zero-order chi connectivity index (χ0) is 5.98. The largest absolute Gasteiger partial charge is 0.299 e. The highest BCUT2D eigenvalue weighted by Crippen LogP contribution is 2.22. The Hall–Kier alpha value is -0.330. The summed E-state index contributed by atoms with van der Waals surface area (Å²) in [6.45, 7) is 1.97. The van der Waals surface area contributed by atoms with E-state index in [1.165, 1.54) is 0 Å². The van der Waals surface area contributed by atoms with Crippen LogP contribution in [0.4, 0.5) is 0 Å². The molecule has 1 aliphatic rings. The Labute approximate surface area is 50.1 Å². The van der Waals surface area contributed by atoms with Gasteiger partial charge in [-0.1, -0.05) is 6.92 Å². The van der Waals surface area contributed by atoms with Crippen LogP contribution in [0.15, 0.2) is 0 Å². The van der Waals surface area contributed by atoms with Gasteiger partial charge in [-0.3, -0.25) is 4.79 Å². The summed E-state index contributed by atoms with van der Waals surface area (Å²) in [5, 5.41) is 0. The van der Waals surface area contributed by atoms with E-state index in [9.17, 15) is 4.79 Å². The van der Waals surface area contributed by atoms with Gasteiger partial charge in [0.15, 0.2) is 0 Å². The standard InChI is InChI=1S/C7H11O/c1-2-6-4-3-5-7(6)8/h2,6H,3-5H2,1H3. The Morgan fingerprint density at radius 1 is 1.75 bits per heavy atom. The van der Waals surface area contributed by atoms with Crippen LogP contribution in [-0.4, -0.2) is 5.78 Å². The van der Waals surface area contributed by atoms with Crippen molar-refractivity contribution in [2.45, 2.75) is 26.2 Å². The fourth-order valence-corrected chi connectivity index (χ4v) is 1.20. The summed E-state index contributed by atoms with van der Waals surface area (Å²) in [5.74, 6) is 0.738. The Bertz CT molecular complexity index is 96.6. The SMILES string of the molecule is C[CH]C1CCCC1=O. The van der Waals surface area contributed by atoms with E-state index in [1.54, 1.807) is 0 Å². The molecule has 0 saturated heterocycles. The maximum atomic E-state index is 10.8. The lowest BCUT2D eigenvalue weighted by Gasteiger charge is -1.98. The molecule has 0 amide bonds. The van der Waals surface area contributed by atoms with Crippen LogP contribution in [0, 0.1) is 12.3 Å². The fraction of sp³-hybridized carbons (Fsp3) is 0.714. The van der Waals surface area contributed by atoms with Crippen LogP contribution in [0.5, 0.6) is 0 Å². The van der Waals surface area contributed by atoms with Gasteiger partial charge in [-0.25, -0.2) is 0 Å². The lowest BCUT2D eigenvalue weighted by atomic mass is 10.1. The van der Waals surface area contributed by atoms with Crippen molar-refractivity contribution in [1.29, 1.82) is 0 Å². The van der Waals surface area contributed by atoms with E-state index in [4.69, 9.17) is 0 Å². The normalized spacial score (nSPS) is 29.1. The maximum absolute atomic E-state index is 10.8. The van der Waals surface area contributed by atoms with Crippen molar-refractivity contribution in [2.24, 2.45) is 5.92 Å². The van der Waals surface area contributed by atoms with Crippen LogP contribution >= 0.6 is 0 Å². The van der Waals surface area contributed by atoms with Gasteiger partial charge in [0, 0.05) is 12.3 Å². The number of carbonyl (C=O) groups excluding carboxylic acids is 1. The third-order valence-electron chi connectivity index (χ3n) is 1.75. The molecule has 1 radical (unpaired) electrons. The first-order valence-electron chi connectivity index (χ1n) is 3.17. The second-order valence-corrected chi connectivity index (χ2v) is 2.30. The Balaban J connectivity index is 2.42. The lowest BCUT2D eigenvalue weighted by Crippen LogP contribution is -2.03. The first-order valence-corrected chi connectivity index (χ1v) is 3.17. The topological polar surface area (TPSA) is 17.1 Å². The summed E-state index contributed by atoms with van der Waals surface area (Å²) in [6.07, 6.45) is 5.02. The molecule has 1 rings (SSSR count). The van der Waals surface area contributed by atoms with Crippen LogP contribution in [0.3, 0.4) is 0 Å². The van der Waals surface area contributed by atoms with Crippen molar-refractivity contribution in [1.82, 2.24) is 0 Å². The van der Waals surface area contributed by atoms with Crippen molar-refractivity contribution in [3.8, 4) is 0 Å². The molecule has 1 atom stereocenters. The average molecular weight is 111 g/mol. The number of hydrogen-bond acceptors (Lipinski definition) is 1. The first kappa shape index (κ1) is 5.80. The molecule has 0 aromatic heterocycles. The number of Topliss-reactive ketones (excluding diaryl/α,β-unsaturated/α-hetero) is 1.